The fourth-order valence-corrected chi connectivity index (χ4v) is 2.18. The average molecular weight is 199 g/mol. The zero-order chi connectivity index (χ0) is 10.3. The van der Waals surface area contributed by atoms with Crippen LogP contribution in [0.1, 0.15) is 32.6 Å². The molecule has 0 aliphatic heterocycles. The van der Waals surface area contributed by atoms with Gasteiger partial charge in [-0.25, -0.2) is 0 Å². The highest BCUT2D eigenvalue weighted by atomic mass is 28.4. The van der Waals surface area contributed by atoms with Crippen molar-refractivity contribution in [2.75, 3.05) is 0 Å². The van der Waals surface area contributed by atoms with Crippen molar-refractivity contribution in [2.24, 2.45) is 0 Å². The molecule has 0 heterocycles. The molecule has 0 aromatic carbocycles. The Labute approximate surface area is 83.0 Å². The molecule has 0 saturated heterocycles. The van der Waals surface area contributed by atoms with Crippen LogP contribution in [0.5, 0.6) is 0 Å². The van der Waals surface area contributed by atoms with Gasteiger partial charge in [0.15, 0.2) is 8.32 Å². The van der Waals surface area contributed by atoms with Gasteiger partial charge in [-0.1, -0.05) is 19.8 Å². The van der Waals surface area contributed by atoms with Gasteiger partial charge in [0.2, 0.25) is 0 Å². The minimum Gasteiger partial charge on any atom is -0.402 e. The summed E-state index contributed by atoms with van der Waals surface area (Å²) in [6.45, 7) is 8.53. The standard InChI is InChI=1S/C10H21NOSi/c1-5-6-7-8-10(9-11)12-13(2,3)4/h10H,5-8H2,1-4H3. The van der Waals surface area contributed by atoms with E-state index in [1.165, 1.54) is 12.8 Å². The first-order valence-electron chi connectivity index (χ1n) is 5.07. The van der Waals surface area contributed by atoms with Crippen molar-refractivity contribution in [3.63, 3.8) is 0 Å². The van der Waals surface area contributed by atoms with Crippen molar-refractivity contribution in [3.05, 3.63) is 0 Å². The first kappa shape index (κ1) is 12.7. The molecule has 0 aliphatic rings. The summed E-state index contributed by atoms with van der Waals surface area (Å²) in [5.74, 6) is 0. The van der Waals surface area contributed by atoms with Gasteiger partial charge in [0, 0.05) is 0 Å². The quantitative estimate of drug-likeness (QED) is 0.485. The lowest BCUT2D eigenvalue weighted by Gasteiger charge is -2.21. The topological polar surface area (TPSA) is 33.0 Å². The predicted molar refractivity (Wildman–Crippen MR) is 58.0 cm³/mol. The van der Waals surface area contributed by atoms with Crippen LogP contribution in [-0.4, -0.2) is 14.4 Å². The van der Waals surface area contributed by atoms with Crippen molar-refractivity contribution in [2.45, 2.75) is 58.4 Å². The molecule has 1 unspecified atom stereocenters. The van der Waals surface area contributed by atoms with E-state index in [2.05, 4.69) is 32.6 Å². The molecule has 3 heteroatoms. The van der Waals surface area contributed by atoms with Crippen LogP contribution in [-0.2, 0) is 4.43 Å². The number of nitrogens with zero attached hydrogens (tertiary/aromatic N) is 1. The summed E-state index contributed by atoms with van der Waals surface area (Å²) in [7, 11) is -1.52. The second-order valence-electron chi connectivity index (χ2n) is 4.34. The lowest BCUT2D eigenvalue weighted by Crippen LogP contribution is -2.31. The third-order valence-corrected chi connectivity index (χ3v) is 2.70. The summed E-state index contributed by atoms with van der Waals surface area (Å²) in [5.41, 5.74) is 0. The lowest BCUT2D eigenvalue weighted by molar-refractivity contribution is 0.233. The van der Waals surface area contributed by atoms with E-state index in [0.717, 1.165) is 12.8 Å². The molecule has 0 aromatic heterocycles. The van der Waals surface area contributed by atoms with Crippen LogP contribution in [0.2, 0.25) is 19.6 Å². The molecule has 0 aromatic rings. The van der Waals surface area contributed by atoms with Crippen LogP contribution < -0.4 is 0 Å². The normalized spacial score (nSPS) is 13.8. The average Bonchev–Trinajstić information content (AvgIpc) is 2.01. The van der Waals surface area contributed by atoms with Gasteiger partial charge < -0.3 is 4.43 Å². The van der Waals surface area contributed by atoms with Crippen molar-refractivity contribution in [1.29, 1.82) is 5.26 Å². The van der Waals surface area contributed by atoms with Crippen molar-refractivity contribution < 1.29 is 4.43 Å². The summed E-state index contributed by atoms with van der Waals surface area (Å²) in [4.78, 5) is 0. The second-order valence-corrected chi connectivity index (χ2v) is 8.80. The third-order valence-electron chi connectivity index (χ3n) is 1.71. The fraction of sp³-hybridized carbons (Fsp3) is 0.900. The maximum absolute atomic E-state index is 8.84. The number of unbranched alkanes of at least 4 members (excludes halogenated alkanes) is 2. The van der Waals surface area contributed by atoms with Gasteiger partial charge in [-0.15, -0.1) is 0 Å². The van der Waals surface area contributed by atoms with E-state index in [0.29, 0.717) is 0 Å². The van der Waals surface area contributed by atoms with Crippen molar-refractivity contribution in [3.8, 4) is 6.07 Å². The molecule has 1 atom stereocenters. The van der Waals surface area contributed by atoms with Crippen molar-refractivity contribution >= 4 is 8.32 Å². The van der Waals surface area contributed by atoms with E-state index < -0.39 is 8.32 Å². The van der Waals surface area contributed by atoms with Crippen molar-refractivity contribution in [1.82, 2.24) is 0 Å². The Morgan fingerprint density at radius 1 is 1.31 bits per heavy atom. The van der Waals surface area contributed by atoms with Gasteiger partial charge in [0.25, 0.3) is 0 Å². The van der Waals surface area contributed by atoms with E-state index >= 15 is 0 Å². The number of rotatable bonds is 6. The molecular weight excluding hydrogens is 178 g/mol. The summed E-state index contributed by atoms with van der Waals surface area (Å²) in [5, 5.41) is 8.84. The fourth-order valence-electron chi connectivity index (χ4n) is 1.16. The molecule has 0 fully saturated rings. The molecular formula is C10H21NOSi. The maximum atomic E-state index is 8.84. The van der Waals surface area contributed by atoms with Crippen LogP contribution >= 0.6 is 0 Å². The SMILES string of the molecule is CCCCCC(C#N)O[Si](C)(C)C. The molecule has 0 N–H and O–H groups in total. The highest BCUT2D eigenvalue weighted by molar-refractivity contribution is 6.69. The molecule has 13 heavy (non-hydrogen) atoms. The van der Waals surface area contributed by atoms with Crippen LogP contribution in [0.3, 0.4) is 0 Å². The monoisotopic (exact) mass is 199 g/mol. The first-order chi connectivity index (χ1) is 5.99. The molecule has 0 saturated carbocycles. The minimum absolute atomic E-state index is 0.168. The van der Waals surface area contributed by atoms with Crippen LogP contribution in [0.4, 0.5) is 0 Å². The van der Waals surface area contributed by atoms with E-state index in [4.69, 9.17) is 9.69 Å². The minimum atomic E-state index is -1.52. The lowest BCUT2D eigenvalue weighted by atomic mass is 10.1. The van der Waals surface area contributed by atoms with Crippen LogP contribution in [0.25, 0.3) is 0 Å². The number of hydrogen-bond donors (Lipinski definition) is 0. The predicted octanol–water partition coefficient (Wildman–Crippen LogP) is 3.31. The van der Waals surface area contributed by atoms with Gasteiger partial charge in [-0.2, -0.15) is 5.26 Å². The number of nitriles is 1. The first-order valence-corrected chi connectivity index (χ1v) is 8.48. The van der Waals surface area contributed by atoms with Crippen LogP contribution in [0, 0.1) is 11.3 Å². The molecule has 0 spiro atoms. The van der Waals surface area contributed by atoms with Gasteiger partial charge in [-0.05, 0) is 32.5 Å². The summed E-state index contributed by atoms with van der Waals surface area (Å²) in [6.07, 6.45) is 4.24. The molecule has 76 valence electrons. The summed E-state index contributed by atoms with van der Waals surface area (Å²) in [6, 6.07) is 2.23. The van der Waals surface area contributed by atoms with Gasteiger partial charge in [0.05, 0.1) is 6.07 Å². The zero-order valence-electron chi connectivity index (χ0n) is 9.26. The maximum Gasteiger partial charge on any atom is 0.185 e. The largest absolute Gasteiger partial charge is 0.402 e. The highest BCUT2D eigenvalue weighted by Gasteiger charge is 2.20. The van der Waals surface area contributed by atoms with Gasteiger partial charge in [0.1, 0.15) is 6.10 Å². The van der Waals surface area contributed by atoms with Gasteiger partial charge in [-0.3, -0.25) is 0 Å². The third kappa shape index (κ3) is 8.01. The Bertz CT molecular complexity index is 169. The Kier molecular flexibility index (Phi) is 6.01. The zero-order valence-corrected chi connectivity index (χ0v) is 10.3. The molecule has 0 bridgehead atoms. The van der Waals surface area contributed by atoms with Crippen LogP contribution in [0.15, 0.2) is 0 Å². The van der Waals surface area contributed by atoms with E-state index in [1.807, 2.05) is 0 Å². The Hall–Kier alpha value is -0.333. The molecule has 2 nitrogen and oxygen atoms in total. The summed E-state index contributed by atoms with van der Waals surface area (Å²) < 4.78 is 5.71. The number of hydrogen-bond acceptors (Lipinski definition) is 2. The van der Waals surface area contributed by atoms with E-state index in [9.17, 15) is 0 Å². The molecule has 0 radical (unpaired) electrons. The van der Waals surface area contributed by atoms with E-state index in [-0.39, 0.29) is 6.10 Å². The Morgan fingerprint density at radius 2 is 1.92 bits per heavy atom. The molecule has 0 amide bonds. The summed E-state index contributed by atoms with van der Waals surface area (Å²) >= 11 is 0. The molecule has 0 rings (SSSR count). The smallest absolute Gasteiger partial charge is 0.185 e. The van der Waals surface area contributed by atoms with E-state index in [1.54, 1.807) is 0 Å². The van der Waals surface area contributed by atoms with Gasteiger partial charge >= 0.3 is 0 Å². The molecule has 0 aliphatic carbocycles. The Balaban J connectivity index is 3.72. The second kappa shape index (κ2) is 6.17. The Morgan fingerprint density at radius 3 is 2.31 bits per heavy atom. The highest BCUT2D eigenvalue weighted by Crippen LogP contribution is 2.12.